The SMILES string of the molecule is Nc1ccc(N2CCCCN(C3CCCC3)CCC2)c(F)c1. The first-order chi connectivity index (χ1) is 10.7. The molecule has 3 nitrogen and oxygen atoms in total. The molecule has 22 heavy (non-hydrogen) atoms. The van der Waals surface area contributed by atoms with Crippen molar-refractivity contribution in [3.05, 3.63) is 24.0 Å². The first-order valence-corrected chi connectivity index (χ1v) is 8.78. The quantitative estimate of drug-likeness (QED) is 0.847. The van der Waals surface area contributed by atoms with Gasteiger partial charge in [-0.05, 0) is 56.8 Å². The Labute approximate surface area is 133 Å². The Hall–Kier alpha value is -1.29. The van der Waals surface area contributed by atoms with Crippen LogP contribution in [0.25, 0.3) is 0 Å². The van der Waals surface area contributed by atoms with Crippen LogP contribution in [0.5, 0.6) is 0 Å². The normalized spacial score (nSPS) is 22.3. The number of benzene rings is 1. The van der Waals surface area contributed by atoms with Gasteiger partial charge in [-0.15, -0.1) is 0 Å². The molecular weight excluding hydrogens is 277 g/mol. The van der Waals surface area contributed by atoms with Gasteiger partial charge in [0.05, 0.1) is 5.69 Å². The number of hydrogen-bond acceptors (Lipinski definition) is 3. The van der Waals surface area contributed by atoms with Crippen molar-refractivity contribution in [3.63, 3.8) is 0 Å². The van der Waals surface area contributed by atoms with Gasteiger partial charge in [0.1, 0.15) is 5.82 Å². The van der Waals surface area contributed by atoms with Gasteiger partial charge in [-0.3, -0.25) is 0 Å². The highest BCUT2D eigenvalue weighted by molar-refractivity contribution is 5.54. The Morgan fingerprint density at radius 3 is 2.36 bits per heavy atom. The summed E-state index contributed by atoms with van der Waals surface area (Å²) in [5, 5.41) is 0. The molecule has 1 saturated heterocycles. The zero-order valence-corrected chi connectivity index (χ0v) is 13.4. The molecule has 4 heteroatoms. The topological polar surface area (TPSA) is 32.5 Å². The number of nitrogen functional groups attached to an aromatic ring is 1. The van der Waals surface area contributed by atoms with Gasteiger partial charge in [-0.2, -0.15) is 0 Å². The van der Waals surface area contributed by atoms with Crippen LogP contribution < -0.4 is 10.6 Å². The number of hydrogen-bond donors (Lipinski definition) is 1. The predicted octanol–water partition coefficient (Wildman–Crippen LogP) is 3.64. The first kappa shape index (κ1) is 15.6. The lowest BCUT2D eigenvalue weighted by atomic mass is 10.2. The molecule has 1 aromatic carbocycles. The van der Waals surface area contributed by atoms with Crippen LogP contribution in [0, 0.1) is 5.82 Å². The average molecular weight is 305 g/mol. The van der Waals surface area contributed by atoms with Crippen LogP contribution in [0.4, 0.5) is 15.8 Å². The lowest BCUT2D eigenvalue weighted by Gasteiger charge is -2.28. The second-order valence-electron chi connectivity index (χ2n) is 6.73. The van der Waals surface area contributed by atoms with E-state index in [4.69, 9.17) is 5.73 Å². The molecule has 0 spiro atoms. The zero-order valence-electron chi connectivity index (χ0n) is 13.4. The predicted molar refractivity (Wildman–Crippen MR) is 90.7 cm³/mol. The maximum Gasteiger partial charge on any atom is 0.148 e. The molecule has 0 bridgehead atoms. The molecular formula is C18H28FN3. The van der Waals surface area contributed by atoms with Gasteiger partial charge < -0.3 is 15.5 Å². The van der Waals surface area contributed by atoms with E-state index in [1.54, 1.807) is 6.07 Å². The van der Waals surface area contributed by atoms with Crippen molar-refractivity contribution in [3.8, 4) is 0 Å². The Balaban J connectivity index is 1.63. The van der Waals surface area contributed by atoms with E-state index in [1.165, 1.54) is 44.7 Å². The van der Waals surface area contributed by atoms with Crippen LogP contribution in [0.1, 0.15) is 44.9 Å². The third-order valence-electron chi connectivity index (χ3n) is 5.15. The second kappa shape index (κ2) is 7.32. The Bertz CT molecular complexity index is 485. The smallest absolute Gasteiger partial charge is 0.148 e. The van der Waals surface area contributed by atoms with Gasteiger partial charge >= 0.3 is 0 Å². The van der Waals surface area contributed by atoms with Crippen molar-refractivity contribution >= 4 is 11.4 Å². The maximum absolute atomic E-state index is 14.2. The highest BCUT2D eigenvalue weighted by atomic mass is 19.1. The molecule has 0 radical (unpaired) electrons. The fourth-order valence-corrected chi connectivity index (χ4v) is 3.96. The molecule has 1 saturated carbocycles. The molecule has 122 valence electrons. The second-order valence-corrected chi connectivity index (χ2v) is 6.73. The van der Waals surface area contributed by atoms with Crippen molar-refractivity contribution in [2.45, 2.75) is 51.0 Å². The molecule has 1 heterocycles. The number of anilines is 2. The number of halogens is 1. The monoisotopic (exact) mass is 305 g/mol. The molecule has 0 unspecified atom stereocenters. The number of nitrogens with two attached hydrogens (primary N) is 1. The average Bonchev–Trinajstić information content (AvgIpc) is 3.04. The molecule has 0 aromatic heterocycles. The van der Waals surface area contributed by atoms with Crippen LogP contribution in [0.3, 0.4) is 0 Å². The summed E-state index contributed by atoms with van der Waals surface area (Å²) in [5.41, 5.74) is 6.87. The fourth-order valence-electron chi connectivity index (χ4n) is 3.96. The van der Waals surface area contributed by atoms with Crippen molar-refractivity contribution < 1.29 is 4.39 Å². The van der Waals surface area contributed by atoms with E-state index >= 15 is 0 Å². The minimum atomic E-state index is -0.188. The zero-order chi connectivity index (χ0) is 15.4. The molecule has 1 aliphatic heterocycles. The van der Waals surface area contributed by atoms with E-state index in [0.717, 1.165) is 38.5 Å². The summed E-state index contributed by atoms with van der Waals surface area (Å²) < 4.78 is 14.2. The summed E-state index contributed by atoms with van der Waals surface area (Å²) >= 11 is 0. The third-order valence-corrected chi connectivity index (χ3v) is 5.15. The summed E-state index contributed by atoms with van der Waals surface area (Å²) in [6, 6.07) is 5.87. The van der Waals surface area contributed by atoms with Crippen LogP contribution in [-0.4, -0.2) is 37.1 Å². The highest BCUT2D eigenvalue weighted by Crippen LogP contribution is 2.26. The van der Waals surface area contributed by atoms with E-state index in [-0.39, 0.29) is 5.82 Å². The molecule has 2 fully saturated rings. The summed E-state index contributed by atoms with van der Waals surface area (Å²) in [6.45, 7) is 4.24. The van der Waals surface area contributed by atoms with E-state index < -0.39 is 0 Å². The van der Waals surface area contributed by atoms with Gasteiger partial charge in [0, 0.05) is 31.4 Å². The van der Waals surface area contributed by atoms with Crippen LogP contribution in [0.15, 0.2) is 18.2 Å². The Morgan fingerprint density at radius 1 is 0.909 bits per heavy atom. The van der Waals surface area contributed by atoms with Crippen molar-refractivity contribution in [1.29, 1.82) is 0 Å². The van der Waals surface area contributed by atoms with E-state index in [1.807, 2.05) is 6.07 Å². The van der Waals surface area contributed by atoms with E-state index in [2.05, 4.69) is 9.80 Å². The number of rotatable bonds is 2. The van der Waals surface area contributed by atoms with Gasteiger partial charge in [-0.25, -0.2) is 4.39 Å². The Morgan fingerprint density at radius 2 is 1.59 bits per heavy atom. The van der Waals surface area contributed by atoms with Crippen molar-refractivity contribution in [1.82, 2.24) is 4.90 Å². The molecule has 3 rings (SSSR count). The van der Waals surface area contributed by atoms with E-state index in [9.17, 15) is 4.39 Å². The molecule has 1 aromatic rings. The standard InChI is InChI=1S/C18H28FN3/c19-17-14-15(20)8-9-18(17)22-11-4-3-10-21(12-5-13-22)16-6-1-2-7-16/h8-9,14,16H,1-7,10-13,20H2. The maximum atomic E-state index is 14.2. The first-order valence-electron chi connectivity index (χ1n) is 8.78. The lowest BCUT2D eigenvalue weighted by Crippen LogP contribution is -2.35. The van der Waals surface area contributed by atoms with Crippen LogP contribution >= 0.6 is 0 Å². The summed E-state index contributed by atoms with van der Waals surface area (Å²) in [6.07, 6.45) is 8.98. The van der Waals surface area contributed by atoms with Gasteiger partial charge in [0.2, 0.25) is 0 Å². The molecule has 0 amide bonds. The lowest BCUT2D eigenvalue weighted by molar-refractivity contribution is 0.197. The molecule has 2 aliphatic rings. The van der Waals surface area contributed by atoms with Crippen LogP contribution in [-0.2, 0) is 0 Å². The number of nitrogens with zero attached hydrogens (tertiary/aromatic N) is 2. The van der Waals surface area contributed by atoms with Gasteiger partial charge in [0.25, 0.3) is 0 Å². The molecule has 1 aliphatic carbocycles. The fraction of sp³-hybridized carbons (Fsp3) is 0.667. The molecule has 0 atom stereocenters. The third kappa shape index (κ3) is 3.72. The minimum absolute atomic E-state index is 0.188. The molecule has 2 N–H and O–H groups in total. The summed E-state index contributed by atoms with van der Waals surface area (Å²) in [5.74, 6) is -0.188. The van der Waals surface area contributed by atoms with Crippen molar-refractivity contribution in [2.24, 2.45) is 0 Å². The summed E-state index contributed by atoms with van der Waals surface area (Å²) in [7, 11) is 0. The van der Waals surface area contributed by atoms with E-state index in [0.29, 0.717) is 11.4 Å². The van der Waals surface area contributed by atoms with Gasteiger partial charge in [0.15, 0.2) is 0 Å². The Kier molecular flexibility index (Phi) is 5.19. The van der Waals surface area contributed by atoms with Gasteiger partial charge in [-0.1, -0.05) is 12.8 Å². The largest absolute Gasteiger partial charge is 0.399 e. The minimum Gasteiger partial charge on any atom is -0.399 e. The highest BCUT2D eigenvalue weighted by Gasteiger charge is 2.23. The van der Waals surface area contributed by atoms with Crippen LogP contribution in [0.2, 0.25) is 0 Å². The summed E-state index contributed by atoms with van der Waals surface area (Å²) in [4.78, 5) is 4.89. The van der Waals surface area contributed by atoms with Crippen molar-refractivity contribution in [2.75, 3.05) is 36.8 Å².